The van der Waals surface area contributed by atoms with Crippen LogP contribution in [0.5, 0.6) is 0 Å². The molecule has 0 saturated carbocycles. The van der Waals surface area contributed by atoms with Crippen LogP contribution in [0.15, 0.2) is 65.1 Å². The quantitative estimate of drug-likeness (QED) is 0.408. The first-order chi connectivity index (χ1) is 13.1. The van der Waals surface area contributed by atoms with E-state index in [1.54, 1.807) is 0 Å². The van der Waals surface area contributed by atoms with Gasteiger partial charge in [-0.05, 0) is 36.4 Å². The number of halogens is 1. The van der Waals surface area contributed by atoms with Crippen molar-refractivity contribution in [2.45, 2.75) is 0 Å². The number of aromatic nitrogens is 5. The molecule has 0 aliphatic heterocycles. The first kappa shape index (κ1) is 16.2. The van der Waals surface area contributed by atoms with Crippen LogP contribution in [0.1, 0.15) is 0 Å². The molecule has 5 rings (SSSR count). The van der Waals surface area contributed by atoms with Gasteiger partial charge in [-0.1, -0.05) is 40.2 Å². The fraction of sp³-hybridized carbons (Fsp3) is 0.0952. The van der Waals surface area contributed by atoms with Gasteiger partial charge in [-0.3, -0.25) is 0 Å². The molecule has 3 heterocycles. The second-order valence-corrected chi connectivity index (χ2v) is 7.44. The standard InChI is InChI=1S/C21H16BrN5/c1-26-18-9-5-3-7-14(18)24-20(26)16-11-13(22)12-17(23-16)21-25-15-8-4-6-10-19(15)27(21)2/h3-12H,1-2H3. The Bertz CT molecular complexity index is 1220. The molecule has 27 heavy (non-hydrogen) atoms. The van der Waals surface area contributed by atoms with Crippen molar-refractivity contribution >= 4 is 38.0 Å². The van der Waals surface area contributed by atoms with Crippen LogP contribution in [0.25, 0.3) is 45.1 Å². The van der Waals surface area contributed by atoms with Gasteiger partial charge >= 0.3 is 0 Å². The second-order valence-electron chi connectivity index (χ2n) is 6.52. The van der Waals surface area contributed by atoms with E-state index < -0.39 is 0 Å². The molecular formula is C21H16BrN5. The van der Waals surface area contributed by atoms with Crippen LogP contribution >= 0.6 is 15.9 Å². The maximum absolute atomic E-state index is 4.89. The number of hydrogen-bond acceptors (Lipinski definition) is 3. The Labute approximate surface area is 164 Å². The van der Waals surface area contributed by atoms with Gasteiger partial charge in [-0.15, -0.1) is 0 Å². The molecule has 0 aliphatic carbocycles. The highest BCUT2D eigenvalue weighted by Gasteiger charge is 2.16. The van der Waals surface area contributed by atoms with Gasteiger partial charge in [0.15, 0.2) is 11.6 Å². The highest BCUT2D eigenvalue weighted by molar-refractivity contribution is 9.10. The van der Waals surface area contributed by atoms with Gasteiger partial charge in [0.1, 0.15) is 11.4 Å². The van der Waals surface area contributed by atoms with Crippen LogP contribution in [-0.4, -0.2) is 24.1 Å². The average Bonchev–Trinajstić information content (AvgIpc) is 3.20. The highest BCUT2D eigenvalue weighted by atomic mass is 79.9. The molecule has 0 aliphatic rings. The number of benzene rings is 2. The summed E-state index contributed by atoms with van der Waals surface area (Å²) in [5.74, 6) is 1.66. The summed E-state index contributed by atoms with van der Waals surface area (Å²) in [7, 11) is 4.03. The summed E-state index contributed by atoms with van der Waals surface area (Å²) in [6.45, 7) is 0. The molecule has 0 spiro atoms. The Morgan fingerprint density at radius 1 is 0.667 bits per heavy atom. The second kappa shape index (κ2) is 6.03. The number of hydrogen-bond donors (Lipinski definition) is 0. The summed E-state index contributed by atoms with van der Waals surface area (Å²) in [6.07, 6.45) is 0. The van der Waals surface area contributed by atoms with Gasteiger partial charge in [0.25, 0.3) is 0 Å². The van der Waals surface area contributed by atoms with Crippen molar-refractivity contribution < 1.29 is 0 Å². The third-order valence-electron chi connectivity index (χ3n) is 4.82. The van der Waals surface area contributed by atoms with Gasteiger partial charge in [-0.2, -0.15) is 0 Å². The molecule has 0 radical (unpaired) electrons. The Hall–Kier alpha value is -2.99. The van der Waals surface area contributed by atoms with E-state index in [1.807, 2.05) is 62.6 Å². The van der Waals surface area contributed by atoms with E-state index in [2.05, 4.69) is 37.2 Å². The molecule has 0 unspecified atom stereocenters. The van der Waals surface area contributed by atoms with Crippen molar-refractivity contribution in [2.75, 3.05) is 0 Å². The number of aryl methyl sites for hydroxylation is 2. The lowest BCUT2D eigenvalue weighted by Crippen LogP contribution is -1.99. The summed E-state index contributed by atoms with van der Waals surface area (Å²) in [4.78, 5) is 14.4. The average molecular weight is 418 g/mol. The van der Waals surface area contributed by atoms with Gasteiger partial charge in [-0.25, -0.2) is 15.0 Å². The van der Waals surface area contributed by atoms with E-state index in [4.69, 9.17) is 15.0 Å². The maximum atomic E-state index is 4.89. The zero-order valence-electron chi connectivity index (χ0n) is 14.9. The zero-order valence-corrected chi connectivity index (χ0v) is 16.5. The van der Waals surface area contributed by atoms with E-state index in [9.17, 15) is 0 Å². The summed E-state index contributed by atoms with van der Waals surface area (Å²) >= 11 is 3.63. The monoisotopic (exact) mass is 417 g/mol. The highest BCUT2D eigenvalue weighted by Crippen LogP contribution is 2.29. The molecule has 5 aromatic rings. The molecular weight excluding hydrogens is 402 g/mol. The first-order valence-corrected chi connectivity index (χ1v) is 9.42. The van der Waals surface area contributed by atoms with Crippen LogP contribution in [-0.2, 0) is 14.1 Å². The first-order valence-electron chi connectivity index (χ1n) is 8.63. The molecule has 132 valence electrons. The smallest absolute Gasteiger partial charge is 0.159 e. The molecule has 5 nitrogen and oxygen atoms in total. The number of fused-ring (bicyclic) bond motifs is 2. The van der Waals surface area contributed by atoms with Crippen LogP contribution in [0.2, 0.25) is 0 Å². The molecule has 0 bridgehead atoms. The molecule has 0 fully saturated rings. The molecule has 0 N–H and O–H groups in total. The van der Waals surface area contributed by atoms with Crippen molar-refractivity contribution in [3.8, 4) is 23.0 Å². The van der Waals surface area contributed by atoms with Crippen molar-refractivity contribution in [2.24, 2.45) is 14.1 Å². The SMILES string of the molecule is Cn1c(-c2cc(Br)cc(-c3nc4ccccc4n3C)n2)nc2ccccc21. The number of nitrogens with zero attached hydrogens (tertiary/aromatic N) is 5. The van der Waals surface area contributed by atoms with Crippen molar-refractivity contribution in [1.82, 2.24) is 24.1 Å². The topological polar surface area (TPSA) is 48.5 Å². The van der Waals surface area contributed by atoms with Crippen LogP contribution in [0, 0.1) is 0 Å². The minimum atomic E-state index is 0.810. The number of para-hydroxylation sites is 4. The number of rotatable bonds is 2. The Kier molecular flexibility index (Phi) is 3.62. The number of imidazole rings is 2. The summed E-state index contributed by atoms with van der Waals surface area (Å²) in [6, 6.07) is 20.2. The van der Waals surface area contributed by atoms with Crippen LogP contribution in [0.4, 0.5) is 0 Å². The van der Waals surface area contributed by atoms with Gasteiger partial charge in [0, 0.05) is 18.6 Å². The van der Waals surface area contributed by atoms with E-state index in [0.29, 0.717) is 0 Å². The third kappa shape index (κ3) is 2.56. The lowest BCUT2D eigenvalue weighted by Gasteiger charge is -2.07. The molecule has 3 aromatic heterocycles. The molecule has 0 amide bonds. The van der Waals surface area contributed by atoms with Crippen molar-refractivity contribution in [3.63, 3.8) is 0 Å². The molecule has 6 heteroatoms. The predicted molar refractivity (Wildman–Crippen MR) is 111 cm³/mol. The summed E-state index contributed by atoms with van der Waals surface area (Å²) < 4.78 is 5.09. The Morgan fingerprint density at radius 3 is 1.56 bits per heavy atom. The molecule has 2 aromatic carbocycles. The van der Waals surface area contributed by atoms with Crippen LogP contribution < -0.4 is 0 Å². The van der Waals surface area contributed by atoms with Crippen LogP contribution in [0.3, 0.4) is 0 Å². The van der Waals surface area contributed by atoms with Gasteiger partial charge < -0.3 is 9.13 Å². The summed E-state index contributed by atoms with van der Waals surface area (Å²) in [5.41, 5.74) is 5.70. The van der Waals surface area contributed by atoms with E-state index in [-0.39, 0.29) is 0 Å². The van der Waals surface area contributed by atoms with E-state index in [0.717, 1.165) is 49.6 Å². The Balaban J connectivity index is 1.72. The molecule has 0 atom stereocenters. The largest absolute Gasteiger partial charge is 0.326 e. The zero-order chi connectivity index (χ0) is 18.5. The summed E-state index contributed by atoms with van der Waals surface area (Å²) in [5, 5.41) is 0. The lowest BCUT2D eigenvalue weighted by molar-refractivity contribution is 0.937. The van der Waals surface area contributed by atoms with Crippen molar-refractivity contribution in [3.05, 3.63) is 65.1 Å². The minimum absolute atomic E-state index is 0.810. The minimum Gasteiger partial charge on any atom is -0.326 e. The Morgan fingerprint density at radius 2 is 1.11 bits per heavy atom. The van der Waals surface area contributed by atoms with E-state index in [1.165, 1.54) is 0 Å². The van der Waals surface area contributed by atoms with Gasteiger partial charge in [0.2, 0.25) is 0 Å². The van der Waals surface area contributed by atoms with Gasteiger partial charge in [0.05, 0.1) is 22.1 Å². The lowest BCUT2D eigenvalue weighted by atomic mass is 10.2. The molecule has 0 saturated heterocycles. The fourth-order valence-corrected chi connectivity index (χ4v) is 3.91. The van der Waals surface area contributed by atoms with E-state index >= 15 is 0 Å². The predicted octanol–water partition coefficient (Wildman–Crippen LogP) is 4.95. The normalized spacial score (nSPS) is 11.5. The number of pyridine rings is 1. The maximum Gasteiger partial charge on any atom is 0.159 e. The third-order valence-corrected chi connectivity index (χ3v) is 5.28. The van der Waals surface area contributed by atoms with Crippen molar-refractivity contribution in [1.29, 1.82) is 0 Å². The fourth-order valence-electron chi connectivity index (χ4n) is 3.48.